The molecule has 1 aromatic carbocycles. The van der Waals surface area contributed by atoms with Crippen LogP contribution in [0.1, 0.15) is 17.7 Å². The number of carbonyl (C=O) groups is 1. The average molecular weight is 335 g/mol. The zero-order valence-corrected chi connectivity index (χ0v) is 13.8. The topological polar surface area (TPSA) is 64.1 Å². The van der Waals surface area contributed by atoms with E-state index in [-0.39, 0.29) is 5.97 Å². The van der Waals surface area contributed by atoms with Crippen molar-refractivity contribution in [2.24, 2.45) is 0 Å². The fourth-order valence-corrected chi connectivity index (χ4v) is 3.64. The van der Waals surface area contributed by atoms with Gasteiger partial charge in [-0.15, -0.1) is 16.8 Å². The van der Waals surface area contributed by atoms with Crippen LogP contribution in [0.3, 0.4) is 0 Å². The lowest BCUT2D eigenvalue weighted by Crippen LogP contribution is -2.13. The summed E-state index contributed by atoms with van der Waals surface area (Å²) in [4.78, 5) is 12.2. The van der Waals surface area contributed by atoms with Gasteiger partial charge in [0.15, 0.2) is 4.34 Å². The molecule has 1 aromatic heterocycles. The number of hydrogen-bond acceptors (Lipinski definition) is 7. The molecule has 2 aromatic rings. The van der Waals surface area contributed by atoms with E-state index in [1.807, 2.05) is 30.3 Å². The van der Waals surface area contributed by atoms with Crippen LogP contribution < -0.4 is 5.32 Å². The van der Waals surface area contributed by atoms with Crippen molar-refractivity contribution < 1.29 is 9.53 Å². The number of ether oxygens (including phenoxy) is 1. The van der Waals surface area contributed by atoms with Crippen LogP contribution in [0.2, 0.25) is 0 Å². The second-order valence-electron chi connectivity index (χ2n) is 4.20. The van der Waals surface area contributed by atoms with Gasteiger partial charge in [0.25, 0.3) is 0 Å². The van der Waals surface area contributed by atoms with Crippen LogP contribution in [0.4, 0.5) is 5.13 Å². The maximum atomic E-state index is 12.2. The van der Waals surface area contributed by atoms with E-state index in [4.69, 9.17) is 4.74 Å². The predicted octanol–water partition coefficient (Wildman–Crippen LogP) is 3.53. The maximum Gasteiger partial charge on any atom is 0.324 e. The minimum atomic E-state index is -0.443. The minimum Gasteiger partial charge on any atom is -0.465 e. The Morgan fingerprint density at radius 1 is 1.45 bits per heavy atom. The van der Waals surface area contributed by atoms with E-state index in [2.05, 4.69) is 22.1 Å². The first-order valence-electron chi connectivity index (χ1n) is 6.81. The number of rotatable bonds is 8. The van der Waals surface area contributed by atoms with Gasteiger partial charge in [-0.3, -0.25) is 4.79 Å². The lowest BCUT2D eigenvalue weighted by molar-refractivity contribution is -0.142. The van der Waals surface area contributed by atoms with Crippen molar-refractivity contribution in [1.82, 2.24) is 10.2 Å². The molecule has 1 atom stereocenters. The van der Waals surface area contributed by atoms with Crippen LogP contribution in [-0.2, 0) is 9.53 Å². The standard InChI is InChI=1S/C15H17N3O2S2/c1-3-10-16-14-17-18-15(22-14)21-12(13(19)20-4-2)11-8-6-5-7-9-11/h3,5-9,12H,1,4,10H2,2H3,(H,16,17)/t12-/m1/s1. The number of aromatic nitrogens is 2. The summed E-state index contributed by atoms with van der Waals surface area (Å²) in [5.74, 6) is -0.269. The number of anilines is 1. The van der Waals surface area contributed by atoms with Crippen molar-refractivity contribution in [3.63, 3.8) is 0 Å². The van der Waals surface area contributed by atoms with Gasteiger partial charge in [0.1, 0.15) is 5.25 Å². The molecule has 0 unspecified atom stereocenters. The highest BCUT2D eigenvalue weighted by Crippen LogP contribution is 2.38. The SMILES string of the molecule is C=CCNc1nnc(S[C@@H](C(=O)OCC)c2ccccc2)s1. The fraction of sp³-hybridized carbons (Fsp3) is 0.267. The summed E-state index contributed by atoms with van der Waals surface area (Å²) in [6.07, 6.45) is 1.75. The van der Waals surface area contributed by atoms with Crippen molar-refractivity contribution >= 4 is 34.2 Å². The van der Waals surface area contributed by atoms with E-state index in [1.165, 1.54) is 23.1 Å². The zero-order valence-electron chi connectivity index (χ0n) is 12.2. The minimum absolute atomic E-state index is 0.269. The first kappa shape index (κ1) is 16.5. The molecular weight excluding hydrogens is 318 g/mol. The summed E-state index contributed by atoms with van der Waals surface area (Å²) in [6, 6.07) is 9.54. The highest BCUT2D eigenvalue weighted by molar-refractivity contribution is 8.01. The highest BCUT2D eigenvalue weighted by atomic mass is 32.2. The van der Waals surface area contributed by atoms with Crippen LogP contribution in [0, 0.1) is 0 Å². The molecule has 0 saturated heterocycles. The van der Waals surface area contributed by atoms with Gasteiger partial charge in [0.05, 0.1) is 6.61 Å². The van der Waals surface area contributed by atoms with E-state index >= 15 is 0 Å². The Labute approximate surface area is 137 Å². The van der Waals surface area contributed by atoms with Crippen LogP contribution in [-0.4, -0.2) is 29.3 Å². The molecule has 0 saturated carbocycles. The molecule has 0 aliphatic carbocycles. The molecule has 22 heavy (non-hydrogen) atoms. The number of thioether (sulfide) groups is 1. The van der Waals surface area contributed by atoms with Crippen molar-refractivity contribution in [2.45, 2.75) is 16.5 Å². The quantitative estimate of drug-likeness (QED) is 0.452. The molecule has 0 aliphatic rings. The van der Waals surface area contributed by atoms with E-state index in [0.717, 1.165) is 5.56 Å². The largest absolute Gasteiger partial charge is 0.465 e. The lowest BCUT2D eigenvalue weighted by Gasteiger charge is -2.13. The summed E-state index contributed by atoms with van der Waals surface area (Å²) < 4.78 is 5.89. The molecule has 116 valence electrons. The van der Waals surface area contributed by atoms with Gasteiger partial charge in [-0.2, -0.15) is 0 Å². The second-order valence-corrected chi connectivity index (χ2v) is 6.53. The van der Waals surface area contributed by atoms with Gasteiger partial charge in [-0.05, 0) is 12.5 Å². The Hall–Kier alpha value is -1.86. The molecule has 0 aliphatic heterocycles. The Balaban J connectivity index is 2.14. The summed E-state index contributed by atoms with van der Waals surface area (Å²) in [7, 11) is 0. The number of benzene rings is 1. The van der Waals surface area contributed by atoms with Crippen molar-refractivity contribution in [3.05, 3.63) is 48.6 Å². The molecule has 0 spiro atoms. The summed E-state index contributed by atoms with van der Waals surface area (Å²) in [5, 5.41) is 11.5. The highest BCUT2D eigenvalue weighted by Gasteiger charge is 2.25. The average Bonchev–Trinajstić information content (AvgIpc) is 2.99. The molecule has 1 N–H and O–H groups in total. The second kappa shape index (κ2) is 8.55. The van der Waals surface area contributed by atoms with Gasteiger partial charge in [0, 0.05) is 6.54 Å². The van der Waals surface area contributed by atoms with E-state index in [9.17, 15) is 4.79 Å². The van der Waals surface area contributed by atoms with E-state index in [0.29, 0.717) is 22.6 Å². The number of nitrogens with zero attached hydrogens (tertiary/aromatic N) is 2. The van der Waals surface area contributed by atoms with Crippen LogP contribution >= 0.6 is 23.1 Å². The molecule has 2 rings (SSSR count). The Kier molecular flexibility index (Phi) is 6.42. The summed E-state index contributed by atoms with van der Waals surface area (Å²) in [6.45, 7) is 6.42. The third kappa shape index (κ3) is 4.57. The lowest BCUT2D eigenvalue weighted by atomic mass is 10.1. The van der Waals surface area contributed by atoms with Crippen molar-refractivity contribution in [3.8, 4) is 0 Å². The monoisotopic (exact) mass is 335 g/mol. The number of nitrogens with one attached hydrogen (secondary N) is 1. The first-order chi connectivity index (χ1) is 10.7. The molecular formula is C15H17N3O2S2. The third-order valence-electron chi connectivity index (χ3n) is 2.63. The summed E-state index contributed by atoms with van der Waals surface area (Å²) >= 11 is 2.75. The van der Waals surface area contributed by atoms with Crippen molar-refractivity contribution in [2.75, 3.05) is 18.5 Å². The first-order valence-corrected chi connectivity index (χ1v) is 8.50. The van der Waals surface area contributed by atoms with Gasteiger partial charge in [-0.1, -0.05) is 59.5 Å². The van der Waals surface area contributed by atoms with Gasteiger partial charge >= 0.3 is 5.97 Å². The Morgan fingerprint density at radius 2 is 2.23 bits per heavy atom. The molecule has 0 bridgehead atoms. The molecule has 1 heterocycles. The molecule has 0 radical (unpaired) electrons. The molecule has 7 heteroatoms. The fourth-order valence-electron chi connectivity index (χ4n) is 1.69. The Morgan fingerprint density at radius 3 is 2.91 bits per heavy atom. The maximum absolute atomic E-state index is 12.2. The van der Waals surface area contributed by atoms with Gasteiger partial charge < -0.3 is 10.1 Å². The number of carbonyl (C=O) groups excluding carboxylic acids is 1. The normalized spacial score (nSPS) is 11.7. The zero-order chi connectivity index (χ0) is 15.8. The predicted molar refractivity (Wildman–Crippen MR) is 90.3 cm³/mol. The van der Waals surface area contributed by atoms with Crippen LogP contribution in [0.25, 0.3) is 0 Å². The van der Waals surface area contributed by atoms with E-state index in [1.54, 1.807) is 13.0 Å². The number of esters is 1. The van der Waals surface area contributed by atoms with E-state index < -0.39 is 5.25 Å². The van der Waals surface area contributed by atoms with Crippen LogP contribution in [0.15, 0.2) is 47.3 Å². The Bertz CT molecular complexity index is 616. The van der Waals surface area contributed by atoms with Gasteiger partial charge in [-0.25, -0.2) is 0 Å². The van der Waals surface area contributed by atoms with Gasteiger partial charge in [0.2, 0.25) is 5.13 Å². The van der Waals surface area contributed by atoms with Crippen LogP contribution in [0.5, 0.6) is 0 Å². The summed E-state index contributed by atoms with van der Waals surface area (Å²) in [5.41, 5.74) is 0.891. The smallest absolute Gasteiger partial charge is 0.324 e. The molecule has 0 fully saturated rings. The van der Waals surface area contributed by atoms with Crippen molar-refractivity contribution in [1.29, 1.82) is 0 Å². The third-order valence-corrected chi connectivity index (χ3v) is 4.82. The molecule has 0 amide bonds. The molecule has 5 nitrogen and oxygen atoms in total. The number of hydrogen-bond donors (Lipinski definition) is 1.